The number of guanidine groups is 1. The summed E-state index contributed by atoms with van der Waals surface area (Å²) in [7, 11) is 3.29. The molecule has 1 aliphatic heterocycles. The van der Waals surface area contributed by atoms with Crippen molar-refractivity contribution in [3.63, 3.8) is 0 Å². The van der Waals surface area contributed by atoms with Crippen molar-refractivity contribution in [3.05, 3.63) is 22.4 Å². The molecule has 7 heteroatoms. The minimum absolute atomic E-state index is 0.0819. The molecule has 0 radical (unpaired) electrons. The highest BCUT2D eigenvalue weighted by Gasteiger charge is 2.47. The van der Waals surface area contributed by atoms with Crippen LogP contribution in [0.1, 0.15) is 18.7 Å². The number of carbonyl (C=O) groups excluding carboxylic acids is 2. The number of nitrogens with two attached hydrogens (primary N) is 1. The molecule has 2 unspecified atom stereocenters. The molecular formula is C14H20N4O2S. The molecule has 6 nitrogen and oxygen atoms in total. The van der Waals surface area contributed by atoms with Gasteiger partial charge in [-0.3, -0.25) is 14.5 Å². The van der Waals surface area contributed by atoms with Crippen molar-refractivity contribution in [3.8, 4) is 0 Å². The summed E-state index contributed by atoms with van der Waals surface area (Å²) in [4.78, 5) is 32.6. The van der Waals surface area contributed by atoms with Gasteiger partial charge in [0.15, 0.2) is 5.96 Å². The fourth-order valence-corrected chi connectivity index (χ4v) is 3.32. The number of aliphatic imine (C=N–C) groups is 1. The third kappa shape index (κ3) is 2.65. The maximum Gasteiger partial charge on any atom is 0.236 e. The Morgan fingerprint density at radius 1 is 1.62 bits per heavy atom. The number of hydrogen-bond acceptors (Lipinski definition) is 5. The second-order valence-corrected chi connectivity index (χ2v) is 6.39. The van der Waals surface area contributed by atoms with Gasteiger partial charge in [-0.1, -0.05) is 6.07 Å². The number of rotatable bonds is 3. The van der Waals surface area contributed by atoms with Crippen LogP contribution in [0, 0.1) is 5.92 Å². The molecule has 2 N–H and O–H groups in total. The predicted molar refractivity (Wildman–Crippen MR) is 82.9 cm³/mol. The maximum absolute atomic E-state index is 12.6. The molecule has 114 valence electrons. The van der Waals surface area contributed by atoms with E-state index >= 15 is 0 Å². The summed E-state index contributed by atoms with van der Waals surface area (Å²) in [6, 6.07) is 3.87. The Balaban J connectivity index is 2.47. The first kappa shape index (κ1) is 15.5. The average molecular weight is 308 g/mol. The lowest BCUT2D eigenvalue weighted by molar-refractivity contribution is -0.137. The number of hydrogen-bond donors (Lipinski definition) is 1. The lowest BCUT2D eigenvalue weighted by Gasteiger charge is -2.41. The molecule has 2 amide bonds. The van der Waals surface area contributed by atoms with Crippen molar-refractivity contribution in [1.82, 2.24) is 9.80 Å². The van der Waals surface area contributed by atoms with Crippen LogP contribution in [0.2, 0.25) is 0 Å². The fourth-order valence-electron chi connectivity index (χ4n) is 2.43. The Morgan fingerprint density at radius 3 is 2.81 bits per heavy atom. The first-order valence-corrected chi connectivity index (χ1v) is 7.54. The molecule has 1 aromatic heterocycles. The van der Waals surface area contributed by atoms with E-state index in [4.69, 9.17) is 5.73 Å². The highest BCUT2D eigenvalue weighted by Crippen LogP contribution is 2.40. The van der Waals surface area contributed by atoms with E-state index in [1.54, 1.807) is 19.0 Å². The van der Waals surface area contributed by atoms with Crippen LogP contribution in [-0.4, -0.2) is 48.2 Å². The first-order valence-electron chi connectivity index (χ1n) is 6.66. The van der Waals surface area contributed by atoms with Crippen LogP contribution in [0.3, 0.4) is 0 Å². The van der Waals surface area contributed by atoms with Crippen LogP contribution < -0.4 is 5.73 Å². The smallest absolute Gasteiger partial charge is 0.236 e. The van der Waals surface area contributed by atoms with Gasteiger partial charge in [0.25, 0.3) is 0 Å². The van der Waals surface area contributed by atoms with E-state index in [1.807, 2.05) is 24.4 Å². The highest BCUT2D eigenvalue weighted by molar-refractivity contribution is 7.10. The lowest BCUT2D eigenvalue weighted by atomic mass is 9.82. The summed E-state index contributed by atoms with van der Waals surface area (Å²) in [5, 5.41) is 1.95. The molecule has 21 heavy (non-hydrogen) atoms. The number of nitrogens with zero attached hydrogens (tertiary/aromatic N) is 3. The number of amides is 2. The molecule has 0 saturated carbocycles. The Labute approximate surface area is 128 Å². The van der Waals surface area contributed by atoms with Gasteiger partial charge in [0, 0.05) is 32.4 Å². The first-order chi connectivity index (χ1) is 9.77. The van der Waals surface area contributed by atoms with Gasteiger partial charge in [0.1, 0.15) is 5.54 Å². The van der Waals surface area contributed by atoms with Gasteiger partial charge in [0.2, 0.25) is 11.8 Å². The maximum atomic E-state index is 12.6. The predicted octanol–water partition coefficient (Wildman–Crippen LogP) is 0.845. The zero-order chi connectivity index (χ0) is 15.8. The monoisotopic (exact) mass is 308 g/mol. The third-order valence-corrected chi connectivity index (χ3v) is 5.11. The van der Waals surface area contributed by atoms with E-state index in [1.165, 1.54) is 23.2 Å². The Hall–Kier alpha value is -1.89. The SMILES string of the molecule is CC(=O)N(C)CC1C(=O)N(C)C(N)=NC1(C)c1cccs1. The summed E-state index contributed by atoms with van der Waals surface area (Å²) in [5.41, 5.74) is 5.14. The number of carbonyl (C=O) groups is 2. The zero-order valence-electron chi connectivity index (χ0n) is 12.7. The van der Waals surface area contributed by atoms with Crippen molar-refractivity contribution in [1.29, 1.82) is 0 Å². The topological polar surface area (TPSA) is 79.0 Å². The molecular weight excluding hydrogens is 288 g/mol. The van der Waals surface area contributed by atoms with E-state index in [2.05, 4.69) is 4.99 Å². The Bertz CT molecular complexity index is 584. The lowest BCUT2D eigenvalue weighted by Crippen LogP contribution is -2.56. The minimum atomic E-state index is -0.744. The normalized spacial score (nSPS) is 25.7. The summed E-state index contributed by atoms with van der Waals surface area (Å²) in [6.45, 7) is 3.69. The van der Waals surface area contributed by atoms with Crippen LogP contribution in [-0.2, 0) is 15.1 Å². The van der Waals surface area contributed by atoms with Gasteiger partial charge in [0.05, 0.1) is 5.92 Å². The molecule has 2 atom stereocenters. The standard InChI is InChI=1S/C14H20N4O2S/c1-9(19)17(3)8-10-12(20)18(4)13(15)16-14(10,2)11-6-5-7-21-11/h5-7,10H,8H2,1-4H3,(H2,15,16). The van der Waals surface area contributed by atoms with Gasteiger partial charge in [-0.15, -0.1) is 11.3 Å². The van der Waals surface area contributed by atoms with Crippen LogP contribution >= 0.6 is 11.3 Å². The molecule has 0 spiro atoms. The molecule has 2 heterocycles. The van der Waals surface area contributed by atoms with Crippen molar-refractivity contribution in [2.24, 2.45) is 16.6 Å². The second-order valence-electron chi connectivity index (χ2n) is 5.44. The van der Waals surface area contributed by atoms with Crippen LogP contribution in [0.15, 0.2) is 22.5 Å². The van der Waals surface area contributed by atoms with E-state index in [0.29, 0.717) is 6.54 Å². The van der Waals surface area contributed by atoms with Gasteiger partial charge >= 0.3 is 0 Å². The van der Waals surface area contributed by atoms with Crippen molar-refractivity contribution < 1.29 is 9.59 Å². The van der Waals surface area contributed by atoms with E-state index in [0.717, 1.165) is 4.88 Å². The van der Waals surface area contributed by atoms with E-state index in [-0.39, 0.29) is 17.8 Å². The molecule has 2 rings (SSSR count). The molecule has 0 saturated heterocycles. The summed E-state index contributed by atoms with van der Waals surface area (Å²) >= 11 is 1.54. The zero-order valence-corrected chi connectivity index (χ0v) is 13.5. The Morgan fingerprint density at radius 2 is 2.29 bits per heavy atom. The minimum Gasteiger partial charge on any atom is -0.369 e. The summed E-state index contributed by atoms with van der Waals surface area (Å²) in [6.07, 6.45) is 0. The molecule has 0 fully saturated rings. The van der Waals surface area contributed by atoms with Crippen molar-refractivity contribution in [2.75, 3.05) is 20.6 Å². The molecule has 0 bridgehead atoms. The van der Waals surface area contributed by atoms with Crippen molar-refractivity contribution >= 4 is 29.1 Å². The van der Waals surface area contributed by atoms with E-state index < -0.39 is 11.5 Å². The number of thiophene rings is 1. The third-order valence-electron chi connectivity index (χ3n) is 4.01. The van der Waals surface area contributed by atoms with Crippen LogP contribution in [0.4, 0.5) is 0 Å². The van der Waals surface area contributed by atoms with Gasteiger partial charge in [-0.05, 0) is 18.4 Å². The van der Waals surface area contributed by atoms with Crippen molar-refractivity contribution in [2.45, 2.75) is 19.4 Å². The van der Waals surface area contributed by atoms with Gasteiger partial charge in [-0.2, -0.15) is 0 Å². The van der Waals surface area contributed by atoms with Gasteiger partial charge in [-0.25, -0.2) is 4.99 Å². The Kier molecular flexibility index (Phi) is 4.04. The molecule has 1 aromatic rings. The largest absolute Gasteiger partial charge is 0.369 e. The molecule has 0 aromatic carbocycles. The highest BCUT2D eigenvalue weighted by atomic mass is 32.1. The van der Waals surface area contributed by atoms with Gasteiger partial charge < -0.3 is 10.6 Å². The molecule has 1 aliphatic rings. The summed E-state index contributed by atoms with van der Waals surface area (Å²) in [5.74, 6) is -0.451. The average Bonchev–Trinajstić information content (AvgIpc) is 2.95. The molecule has 0 aliphatic carbocycles. The van der Waals surface area contributed by atoms with E-state index in [9.17, 15) is 9.59 Å². The second kappa shape index (κ2) is 5.48. The quantitative estimate of drug-likeness (QED) is 0.899. The van der Waals surface area contributed by atoms with Crippen LogP contribution in [0.5, 0.6) is 0 Å². The fraction of sp³-hybridized carbons (Fsp3) is 0.500. The van der Waals surface area contributed by atoms with Crippen LogP contribution in [0.25, 0.3) is 0 Å². The summed E-state index contributed by atoms with van der Waals surface area (Å²) < 4.78 is 0.